The van der Waals surface area contributed by atoms with Crippen LogP contribution in [0.25, 0.3) is 0 Å². The summed E-state index contributed by atoms with van der Waals surface area (Å²) < 4.78 is 28.4. The van der Waals surface area contributed by atoms with Crippen molar-refractivity contribution in [3.63, 3.8) is 0 Å². The molecule has 10 heteroatoms. The van der Waals surface area contributed by atoms with Gasteiger partial charge in [-0.15, -0.1) is 0 Å². The molecule has 0 saturated heterocycles. The van der Waals surface area contributed by atoms with E-state index in [4.69, 9.17) is 25.7 Å². The van der Waals surface area contributed by atoms with Crippen molar-refractivity contribution in [3.05, 3.63) is 53.3 Å². The molecule has 3 rings (SSSR count). The van der Waals surface area contributed by atoms with Gasteiger partial charge in [0.25, 0.3) is 5.91 Å². The molecular weight excluding hydrogens is 515 g/mol. The molecule has 0 aromatic heterocycles. The summed E-state index contributed by atoms with van der Waals surface area (Å²) >= 11 is 0. The molecule has 2 aromatic carbocycles. The van der Waals surface area contributed by atoms with Gasteiger partial charge in [-0.1, -0.05) is 52.0 Å². The Morgan fingerprint density at radius 3 is 2.23 bits per heavy atom. The number of carbonyl (C=O) groups excluding carboxylic acids is 2. The van der Waals surface area contributed by atoms with Crippen molar-refractivity contribution in [1.29, 1.82) is 0 Å². The monoisotopic (exact) mass is 560 g/mol. The fraction of sp³-hybridized carbons (Fsp3) is 0.500. The van der Waals surface area contributed by atoms with Crippen LogP contribution in [-0.4, -0.2) is 39.1 Å². The fourth-order valence-electron chi connectivity index (χ4n) is 4.28. The summed E-state index contributed by atoms with van der Waals surface area (Å²) in [5, 5.41) is 2.89. The highest BCUT2D eigenvalue weighted by Gasteiger charge is 2.15. The molecule has 222 valence electrons. The number of aliphatic imine (C=N–C) groups is 1. The molecule has 0 bridgehead atoms. The number of amides is 2. The highest BCUT2D eigenvalue weighted by molar-refractivity contribution is 5.92. The predicted octanol–water partition coefficient (Wildman–Crippen LogP) is 4.88. The van der Waals surface area contributed by atoms with E-state index in [0.29, 0.717) is 30.0 Å². The normalized spacial score (nSPS) is 12.4. The second-order valence-electron chi connectivity index (χ2n) is 9.07. The predicted molar refractivity (Wildman–Crippen MR) is 156 cm³/mol. The number of nitrogens with zero attached hydrogens (tertiary/aromatic N) is 1. The standard InChI is InChI=1S/C17H24FNO2.C11H15N3O3.C2H6/c1-21-16-11-14(7-9-15(16)18)12-19-17(20)10-8-13-5-3-2-4-6-13;1-16-8-3-4-9(17-2)7(5-8)6-10(15)14-11(12)13;1-2/h7,9,11,13H,2-6,8,10,12H2,1H3,(H,19,20);3-5H,6H2,1-2H3,(H4,12,13,14,15);1-2H3. The maximum absolute atomic E-state index is 13.3. The first-order valence-electron chi connectivity index (χ1n) is 13.7. The van der Waals surface area contributed by atoms with Crippen molar-refractivity contribution in [3.8, 4) is 17.2 Å². The minimum Gasteiger partial charge on any atom is -0.497 e. The lowest BCUT2D eigenvalue weighted by atomic mass is 9.86. The van der Waals surface area contributed by atoms with Gasteiger partial charge in [-0.3, -0.25) is 9.59 Å². The molecule has 2 amide bonds. The molecule has 0 atom stereocenters. The number of hydrogen-bond acceptors (Lipinski definition) is 5. The molecule has 0 spiro atoms. The summed E-state index contributed by atoms with van der Waals surface area (Å²) in [5.41, 5.74) is 11.8. The molecule has 40 heavy (non-hydrogen) atoms. The van der Waals surface area contributed by atoms with Gasteiger partial charge in [0.2, 0.25) is 5.91 Å². The van der Waals surface area contributed by atoms with E-state index in [-0.39, 0.29) is 29.9 Å². The number of nitrogens with two attached hydrogens (primary N) is 2. The van der Waals surface area contributed by atoms with Crippen LogP contribution in [-0.2, 0) is 22.6 Å². The zero-order valence-electron chi connectivity index (χ0n) is 24.4. The van der Waals surface area contributed by atoms with Gasteiger partial charge in [-0.2, -0.15) is 4.99 Å². The highest BCUT2D eigenvalue weighted by atomic mass is 19.1. The minimum absolute atomic E-state index is 0.0538. The topological polar surface area (TPSA) is 138 Å². The van der Waals surface area contributed by atoms with E-state index >= 15 is 0 Å². The Kier molecular flexibility index (Phi) is 16.5. The Morgan fingerprint density at radius 2 is 1.62 bits per heavy atom. The zero-order valence-corrected chi connectivity index (χ0v) is 24.4. The van der Waals surface area contributed by atoms with E-state index in [9.17, 15) is 14.0 Å². The van der Waals surface area contributed by atoms with Crippen LogP contribution in [0, 0.1) is 11.7 Å². The molecule has 1 aliphatic rings. The van der Waals surface area contributed by atoms with Gasteiger partial charge in [-0.25, -0.2) is 4.39 Å². The van der Waals surface area contributed by atoms with Crippen molar-refractivity contribution >= 4 is 17.8 Å². The lowest BCUT2D eigenvalue weighted by Crippen LogP contribution is -2.24. The molecule has 0 unspecified atom stereocenters. The van der Waals surface area contributed by atoms with E-state index < -0.39 is 5.91 Å². The average Bonchev–Trinajstić information content (AvgIpc) is 2.97. The molecule has 1 fully saturated rings. The highest BCUT2D eigenvalue weighted by Crippen LogP contribution is 2.27. The first-order valence-corrected chi connectivity index (χ1v) is 13.7. The van der Waals surface area contributed by atoms with E-state index in [2.05, 4.69) is 10.3 Å². The van der Waals surface area contributed by atoms with Crippen LogP contribution < -0.4 is 31.0 Å². The van der Waals surface area contributed by atoms with Gasteiger partial charge in [0.1, 0.15) is 11.5 Å². The van der Waals surface area contributed by atoms with E-state index in [1.54, 1.807) is 37.4 Å². The van der Waals surface area contributed by atoms with Gasteiger partial charge < -0.3 is 31.0 Å². The molecule has 0 heterocycles. The maximum atomic E-state index is 13.3. The largest absolute Gasteiger partial charge is 0.497 e. The first kappa shape index (κ1) is 34.2. The number of halogens is 1. The Bertz CT molecular complexity index is 1080. The third-order valence-electron chi connectivity index (χ3n) is 6.29. The van der Waals surface area contributed by atoms with Crippen LogP contribution in [0.1, 0.15) is 69.9 Å². The quantitative estimate of drug-likeness (QED) is 0.278. The third kappa shape index (κ3) is 12.8. The van der Waals surface area contributed by atoms with Gasteiger partial charge in [-0.05, 0) is 48.2 Å². The molecule has 1 saturated carbocycles. The summed E-state index contributed by atoms with van der Waals surface area (Å²) in [7, 11) is 4.50. The number of methoxy groups -OCH3 is 3. The van der Waals surface area contributed by atoms with Crippen LogP contribution in [0.2, 0.25) is 0 Å². The smallest absolute Gasteiger partial charge is 0.253 e. The molecule has 9 nitrogen and oxygen atoms in total. The van der Waals surface area contributed by atoms with E-state index in [1.807, 2.05) is 13.8 Å². The third-order valence-corrected chi connectivity index (χ3v) is 6.29. The van der Waals surface area contributed by atoms with Crippen molar-refractivity contribution in [2.75, 3.05) is 21.3 Å². The molecule has 0 aliphatic heterocycles. The number of benzene rings is 2. The molecule has 0 radical (unpaired) electrons. The molecular formula is C30H45FN4O5. The van der Waals surface area contributed by atoms with Gasteiger partial charge in [0.15, 0.2) is 17.5 Å². The SMILES string of the molecule is CC.COc1cc(CNC(=O)CCC2CCCCC2)ccc1F.COc1ccc(OC)c(CC(=O)N=C(N)N)c1. The summed E-state index contributed by atoms with van der Waals surface area (Å²) in [6, 6.07) is 9.82. The van der Waals surface area contributed by atoms with E-state index in [0.717, 1.165) is 17.9 Å². The summed E-state index contributed by atoms with van der Waals surface area (Å²) in [6.45, 7) is 4.42. The maximum Gasteiger partial charge on any atom is 0.253 e. The van der Waals surface area contributed by atoms with Crippen LogP contribution in [0.3, 0.4) is 0 Å². The fourth-order valence-corrected chi connectivity index (χ4v) is 4.28. The minimum atomic E-state index is -0.434. The number of nitrogens with one attached hydrogen (secondary N) is 1. The second-order valence-corrected chi connectivity index (χ2v) is 9.07. The number of ether oxygens (including phenoxy) is 3. The van der Waals surface area contributed by atoms with Gasteiger partial charge in [0, 0.05) is 18.5 Å². The number of rotatable bonds is 10. The van der Waals surface area contributed by atoms with Gasteiger partial charge in [0.05, 0.1) is 27.8 Å². The number of hydrogen-bond donors (Lipinski definition) is 3. The lowest BCUT2D eigenvalue weighted by molar-refractivity contribution is -0.121. The van der Waals surface area contributed by atoms with Crippen LogP contribution in [0.15, 0.2) is 41.4 Å². The number of guanidine groups is 1. The molecule has 2 aromatic rings. The summed E-state index contributed by atoms with van der Waals surface area (Å²) in [5.74, 6) is 1.16. The Morgan fingerprint density at radius 1 is 0.950 bits per heavy atom. The van der Waals surface area contributed by atoms with Crippen LogP contribution in [0.5, 0.6) is 17.2 Å². The van der Waals surface area contributed by atoms with E-state index in [1.165, 1.54) is 52.4 Å². The van der Waals surface area contributed by atoms with Crippen molar-refractivity contribution in [1.82, 2.24) is 5.32 Å². The summed E-state index contributed by atoms with van der Waals surface area (Å²) in [4.78, 5) is 26.8. The Labute approximate surface area is 237 Å². The van der Waals surface area contributed by atoms with Crippen molar-refractivity contribution < 1.29 is 28.2 Å². The first-order chi connectivity index (χ1) is 19.2. The lowest BCUT2D eigenvalue weighted by Gasteiger charge is -2.21. The van der Waals surface area contributed by atoms with Crippen LogP contribution >= 0.6 is 0 Å². The van der Waals surface area contributed by atoms with Crippen molar-refractivity contribution in [2.24, 2.45) is 22.4 Å². The Balaban J connectivity index is 0.000000385. The molecule has 1 aliphatic carbocycles. The average molecular weight is 561 g/mol. The zero-order chi connectivity index (χ0) is 29.9. The Hall–Kier alpha value is -3.82. The van der Waals surface area contributed by atoms with Crippen LogP contribution in [0.4, 0.5) is 4.39 Å². The summed E-state index contributed by atoms with van der Waals surface area (Å²) in [6.07, 6.45) is 8.11. The van der Waals surface area contributed by atoms with Gasteiger partial charge >= 0.3 is 0 Å². The van der Waals surface area contributed by atoms with Crippen molar-refractivity contribution in [2.45, 2.75) is 71.8 Å². The second kappa shape index (κ2) is 19.3. The number of carbonyl (C=O) groups is 2. The molecule has 5 N–H and O–H groups in total.